The minimum absolute atomic E-state index is 0.0570. The van der Waals surface area contributed by atoms with E-state index in [4.69, 9.17) is 0 Å². The Morgan fingerprint density at radius 3 is 2.27 bits per heavy atom. The summed E-state index contributed by atoms with van der Waals surface area (Å²) in [7, 11) is 5.72. The van der Waals surface area contributed by atoms with Crippen molar-refractivity contribution in [3.8, 4) is 0 Å². The molecule has 2 atom stereocenters. The molecule has 0 saturated carbocycles. The smallest absolute Gasteiger partial charge is 0.251 e. The van der Waals surface area contributed by atoms with Crippen LogP contribution in [0.1, 0.15) is 65.3 Å². The van der Waals surface area contributed by atoms with E-state index in [9.17, 15) is 9.59 Å². The number of aryl methyl sites for hydroxylation is 2. The predicted octanol–water partition coefficient (Wildman–Crippen LogP) is 3.87. The van der Waals surface area contributed by atoms with Crippen LogP contribution in [0.2, 0.25) is 0 Å². The van der Waals surface area contributed by atoms with Gasteiger partial charge in [0.25, 0.3) is 5.91 Å². The maximum Gasteiger partial charge on any atom is 0.251 e. The minimum atomic E-state index is -0.0759. The monoisotopic (exact) mass is 452 g/mol. The first-order valence-electron chi connectivity index (χ1n) is 11.8. The third-order valence-corrected chi connectivity index (χ3v) is 6.18. The predicted molar refractivity (Wildman–Crippen MR) is 135 cm³/mol. The number of amides is 2. The largest absolute Gasteiger partial charge is 0.355 e. The Bertz CT molecular complexity index is 902. The summed E-state index contributed by atoms with van der Waals surface area (Å²) < 4.78 is 0. The highest BCUT2D eigenvalue weighted by Crippen LogP contribution is 2.25. The highest BCUT2D eigenvalue weighted by atomic mass is 16.2. The van der Waals surface area contributed by atoms with E-state index >= 15 is 0 Å². The van der Waals surface area contributed by atoms with Crippen molar-refractivity contribution in [1.29, 1.82) is 0 Å². The van der Waals surface area contributed by atoms with Crippen LogP contribution in [0.25, 0.3) is 0 Å². The molecule has 0 aliphatic heterocycles. The van der Waals surface area contributed by atoms with Crippen molar-refractivity contribution in [3.05, 3.63) is 64.5 Å². The van der Waals surface area contributed by atoms with Crippen LogP contribution in [-0.2, 0) is 11.2 Å². The first-order valence-corrected chi connectivity index (χ1v) is 11.8. The van der Waals surface area contributed by atoms with E-state index in [0.29, 0.717) is 24.4 Å². The van der Waals surface area contributed by atoms with E-state index in [1.807, 2.05) is 58.3 Å². The van der Waals surface area contributed by atoms with Gasteiger partial charge in [-0.1, -0.05) is 19.9 Å². The van der Waals surface area contributed by atoms with E-state index < -0.39 is 0 Å². The molecular weight excluding hydrogens is 412 g/mol. The highest BCUT2D eigenvalue weighted by Gasteiger charge is 2.21. The van der Waals surface area contributed by atoms with Gasteiger partial charge in [0, 0.05) is 49.4 Å². The Balaban J connectivity index is 2.06. The average molecular weight is 453 g/mol. The number of rotatable bonds is 11. The lowest BCUT2D eigenvalue weighted by molar-refractivity contribution is -0.121. The van der Waals surface area contributed by atoms with Crippen molar-refractivity contribution < 1.29 is 9.59 Å². The van der Waals surface area contributed by atoms with Crippen LogP contribution in [0.5, 0.6) is 0 Å². The van der Waals surface area contributed by atoms with Crippen molar-refractivity contribution in [1.82, 2.24) is 20.5 Å². The molecule has 2 amide bonds. The molecule has 0 unspecified atom stereocenters. The summed E-state index contributed by atoms with van der Waals surface area (Å²) in [5.41, 5.74) is 5.07. The van der Waals surface area contributed by atoms with Crippen LogP contribution in [0, 0.1) is 19.8 Å². The molecule has 0 aliphatic rings. The number of benzene rings is 1. The summed E-state index contributed by atoms with van der Waals surface area (Å²) in [6.45, 7) is 9.01. The van der Waals surface area contributed by atoms with Crippen molar-refractivity contribution in [2.24, 2.45) is 5.92 Å². The van der Waals surface area contributed by atoms with Gasteiger partial charge in [0.05, 0.1) is 0 Å². The molecule has 6 heteroatoms. The van der Waals surface area contributed by atoms with Crippen molar-refractivity contribution >= 4 is 11.8 Å². The molecule has 2 N–H and O–H groups in total. The van der Waals surface area contributed by atoms with Crippen LogP contribution in [0.15, 0.2) is 36.5 Å². The SMILES string of the molecule is CNC(=O)c1cc(C)c(C[C@@H](CNC(=O)C[C@@H](CC(C)C)c2ccccn2)N(C)C)c(C)c1. The molecule has 1 aromatic carbocycles. The zero-order valence-corrected chi connectivity index (χ0v) is 21.2. The summed E-state index contributed by atoms with van der Waals surface area (Å²) >= 11 is 0. The van der Waals surface area contributed by atoms with E-state index in [1.165, 1.54) is 5.56 Å². The Morgan fingerprint density at radius 1 is 1.09 bits per heavy atom. The lowest BCUT2D eigenvalue weighted by Crippen LogP contribution is -2.42. The van der Waals surface area contributed by atoms with Gasteiger partial charge in [-0.15, -0.1) is 0 Å². The van der Waals surface area contributed by atoms with Crippen LogP contribution in [0.4, 0.5) is 0 Å². The van der Waals surface area contributed by atoms with Crippen LogP contribution >= 0.6 is 0 Å². The molecule has 0 aliphatic carbocycles. The van der Waals surface area contributed by atoms with Crippen LogP contribution in [0.3, 0.4) is 0 Å². The third kappa shape index (κ3) is 7.97. The topological polar surface area (TPSA) is 74.3 Å². The molecule has 6 nitrogen and oxygen atoms in total. The number of carbonyl (C=O) groups is 2. The fourth-order valence-corrected chi connectivity index (χ4v) is 4.29. The van der Waals surface area contributed by atoms with Gasteiger partial charge in [-0.05, 0) is 87.7 Å². The first kappa shape index (κ1) is 26.5. The molecule has 2 aromatic rings. The van der Waals surface area contributed by atoms with E-state index in [0.717, 1.165) is 29.7 Å². The number of likely N-dealkylation sites (N-methyl/N-ethyl adjacent to an activating group) is 1. The molecule has 1 heterocycles. The fourth-order valence-electron chi connectivity index (χ4n) is 4.29. The molecule has 1 aromatic heterocycles. The summed E-state index contributed by atoms with van der Waals surface area (Å²) in [6.07, 6.45) is 3.96. The van der Waals surface area contributed by atoms with E-state index in [2.05, 4.69) is 34.4 Å². The average Bonchev–Trinajstić information content (AvgIpc) is 2.77. The van der Waals surface area contributed by atoms with Crippen LogP contribution in [-0.4, -0.2) is 55.4 Å². The zero-order valence-electron chi connectivity index (χ0n) is 21.2. The molecule has 0 bridgehead atoms. The van der Waals surface area contributed by atoms with E-state index in [1.54, 1.807) is 13.2 Å². The molecule has 2 rings (SSSR count). The lowest BCUT2D eigenvalue weighted by Gasteiger charge is -2.27. The number of nitrogens with one attached hydrogen (secondary N) is 2. The Morgan fingerprint density at radius 2 is 1.76 bits per heavy atom. The second-order valence-corrected chi connectivity index (χ2v) is 9.58. The molecule has 0 spiro atoms. The first-order chi connectivity index (χ1) is 15.6. The minimum Gasteiger partial charge on any atom is -0.355 e. The molecule has 0 saturated heterocycles. The van der Waals surface area contributed by atoms with Gasteiger partial charge < -0.3 is 15.5 Å². The maximum atomic E-state index is 12.9. The van der Waals surface area contributed by atoms with Gasteiger partial charge in [0.1, 0.15) is 0 Å². The quantitative estimate of drug-likeness (QED) is 0.543. The standard InChI is InChI=1S/C27H40N4O2/c1-18(2)12-21(25-10-8-9-11-29-25)15-26(32)30-17-23(31(6)7)16-24-19(3)13-22(14-20(24)4)27(33)28-5/h8-11,13-14,18,21,23H,12,15-17H2,1-7H3,(H,28,33)(H,30,32)/t21-,23+/m1/s1. The summed E-state index contributed by atoms with van der Waals surface area (Å²) in [5, 5.41) is 5.85. The second kappa shape index (κ2) is 12.5. The molecule has 180 valence electrons. The van der Waals surface area contributed by atoms with Crippen LogP contribution < -0.4 is 10.6 Å². The van der Waals surface area contributed by atoms with Crippen molar-refractivity contribution in [2.75, 3.05) is 27.7 Å². The van der Waals surface area contributed by atoms with Gasteiger partial charge in [-0.25, -0.2) is 0 Å². The number of carbonyl (C=O) groups excluding carboxylic acids is 2. The fraction of sp³-hybridized carbons (Fsp3) is 0.519. The summed E-state index contributed by atoms with van der Waals surface area (Å²) in [4.78, 5) is 31.5. The van der Waals surface area contributed by atoms with Gasteiger partial charge in [0.2, 0.25) is 5.91 Å². The maximum absolute atomic E-state index is 12.9. The van der Waals surface area contributed by atoms with Gasteiger partial charge >= 0.3 is 0 Å². The molecule has 0 fully saturated rings. The Kier molecular flexibility index (Phi) is 10.0. The molecule has 0 radical (unpaired) electrons. The zero-order chi connectivity index (χ0) is 24.5. The van der Waals surface area contributed by atoms with Crippen molar-refractivity contribution in [3.63, 3.8) is 0 Å². The summed E-state index contributed by atoms with van der Waals surface area (Å²) in [5.74, 6) is 0.586. The van der Waals surface area contributed by atoms with Gasteiger partial charge in [0.15, 0.2) is 0 Å². The number of hydrogen-bond donors (Lipinski definition) is 2. The Labute approximate surface area is 199 Å². The summed E-state index contributed by atoms with van der Waals surface area (Å²) in [6, 6.07) is 9.93. The molecular formula is C27H40N4O2. The van der Waals surface area contributed by atoms with Gasteiger partial charge in [-0.2, -0.15) is 0 Å². The number of aromatic nitrogens is 1. The number of pyridine rings is 1. The number of hydrogen-bond acceptors (Lipinski definition) is 4. The second-order valence-electron chi connectivity index (χ2n) is 9.58. The normalized spacial score (nSPS) is 13.1. The third-order valence-electron chi connectivity index (χ3n) is 6.18. The number of nitrogens with zero attached hydrogens (tertiary/aromatic N) is 2. The lowest BCUT2D eigenvalue weighted by atomic mass is 9.90. The van der Waals surface area contributed by atoms with Crippen molar-refractivity contribution in [2.45, 2.75) is 58.9 Å². The van der Waals surface area contributed by atoms with E-state index in [-0.39, 0.29) is 23.8 Å². The molecule has 33 heavy (non-hydrogen) atoms. The Hall–Kier alpha value is -2.73. The highest BCUT2D eigenvalue weighted by molar-refractivity contribution is 5.94. The van der Waals surface area contributed by atoms with Gasteiger partial charge in [-0.3, -0.25) is 14.6 Å².